The van der Waals surface area contributed by atoms with Crippen molar-refractivity contribution in [2.24, 2.45) is 11.7 Å². The molecule has 1 rings (SSSR count). The van der Waals surface area contributed by atoms with Crippen molar-refractivity contribution >= 4 is 5.97 Å². The quantitative estimate of drug-likeness (QED) is 0.656. The third-order valence-corrected chi connectivity index (χ3v) is 2.97. The largest absolute Gasteiger partial charge is 0.480 e. The van der Waals surface area contributed by atoms with Crippen LogP contribution in [0.5, 0.6) is 0 Å². The molecule has 4 nitrogen and oxygen atoms in total. The van der Waals surface area contributed by atoms with Crippen LogP contribution in [0.4, 0.5) is 0 Å². The Kier molecular flexibility index (Phi) is 4.35. The number of likely N-dealkylation sites (N-methyl/N-ethyl adjacent to an activating group) is 1. The number of carbonyl (C=O) groups is 1. The molecule has 1 atom stereocenters. The molecule has 0 bridgehead atoms. The summed E-state index contributed by atoms with van der Waals surface area (Å²) in [6.07, 6.45) is 5.24. The van der Waals surface area contributed by atoms with E-state index >= 15 is 0 Å². The molecular weight excluding hydrogens is 180 g/mol. The molecule has 1 saturated carbocycles. The van der Waals surface area contributed by atoms with E-state index in [-0.39, 0.29) is 0 Å². The number of carboxylic acids is 1. The highest BCUT2D eigenvalue weighted by molar-refractivity contribution is 5.73. The van der Waals surface area contributed by atoms with E-state index in [4.69, 9.17) is 10.8 Å². The van der Waals surface area contributed by atoms with Crippen molar-refractivity contribution in [1.29, 1.82) is 0 Å². The number of hydrogen-bond acceptors (Lipinski definition) is 3. The Morgan fingerprint density at radius 2 is 2.29 bits per heavy atom. The smallest absolute Gasteiger partial charge is 0.321 e. The van der Waals surface area contributed by atoms with Crippen molar-refractivity contribution in [2.45, 2.75) is 31.7 Å². The first-order chi connectivity index (χ1) is 6.59. The minimum atomic E-state index is -0.916. The van der Waals surface area contributed by atoms with Gasteiger partial charge in [0, 0.05) is 6.54 Å². The first-order valence-corrected chi connectivity index (χ1v) is 5.26. The van der Waals surface area contributed by atoms with Crippen LogP contribution in [0.25, 0.3) is 0 Å². The molecule has 1 unspecified atom stereocenters. The van der Waals surface area contributed by atoms with Gasteiger partial charge in [-0.2, -0.15) is 0 Å². The van der Waals surface area contributed by atoms with Crippen LogP contribution in [0.3, 0.4) is 0 Å². The highest BCUT2D eigenvalue weighted by Crippen LogP contribution is 2.29. The van der Waals surface area contributed by atoms with Gasteiger partial charge >= 0.3 is 5.97 Å². The summed E-state index contributed by atoms with van der Waals surface area (Å²) >= 11 is 0. The molecule has 82 valence electrons. The maximum Gasteiger partial charge on any atom is 0.321 e. The minimum absolute atomic E-state index is 0.446. The zero-order chi connectivity index (χ0) is 10.6. The number of nitrogens with zero attached hydrogens (tertiary/aromatic N) is 1. The number of rotatable bonds is 6. The SMILES string of the molecule is CN(CCC1CCC1)CC(N)C(=O)O. The van der Waals surface area contributed by atoms with Crippen LogP contribution < -0.4 is 5.73 Å². The number of hydrogen-bond donors (Lipinski definition) is 2. The fourth-order valence-electron chi connectivity index (χ4n) is 1.69. The Balaban J connectivity index is 2.08. The summed E-state index contributed by atoms with van der Waals surface area (Å²) in [6, 6.07) is -0.749. The van der Waals surface area contributed by atoms with Gasteiger partial charge in [-0.1, -0.05) is 19.3 Å². The van der Waals surface area contributed by atoms with Crippen molar-refractivity contribution < 1.29 is 9.90 Å². The highest BCUT2D eigenvalue weighted by Gasteiger charge is 2.19. The van der Waals surface area contributed by atoms with Gasteiger partial charge in [-0.05, 0) is 25.9 Å². The van der Waals surface area contributed by atoms with Crippen LogP contribution in [0, 0.1) is 5.92 Å². The molecule has 0 aromatic carbocycles. The lowest BCUT2D eigenvalue weighted by molar-refractivity contribution is -0.138. The van der Waals surface area contributed by atoms with Crippen LogP contribution in [0.1, 0.15) is 25.7 Å². The molecule has 14 heavy (non-hydrogen) atoms. The average Bonchev–Trinajstić information content (AvgIpc) is 2.00. The maximum absolute atomic E-state index is 10.5. The zero-order valence-corrected chi connectivity index (χ0v) is 8.78. The summed E-state index contributed by atoms with van der Waals surface area (Å²) < 4.78 is 0. The molecule has 1 aliphatic rings. The summed E-state index contributed by atoms with van der Waals surface area (Å²) in [6.45, 7) is 1.41. The lowest BCUT2D eigenvalue weighted by atomic mass is 9.83. The summed E-state index contributed by atoms with van der Waals surface area (Å²) in [4.78, 5) is 12.5. The monoisotopic (exact) mass is 200 g/mol. The van der Waals surface area contributed by atoms with Crippen LogP contribution in [-0.2, 0) is 4.79 Å². The van der Waals surface area contributed by atoms with Gasteiger partial charge in [0.15, 0.2) is 0 Å². The fraction of sp³-hybridized carbons (Fsp3) is 0.900. The molecule has 0 aromatic rings. The molecule has 3 N–H and O–H groups in total. The van der Waals surface area contributed by atoms with Crippen molar-refractivity contribution in [3.8, 4) is 0 Å². The van der Waals surface area contributed by atoms with Crippen LogP contribution >= 0.6 is 0 Å². The second-order valence-electron chi connectivity index (χ2n) is 4.29. The topological polar surface area (TPSA) is 66.6 Å². The van der Waals surface area contributed by atoms with Crippen LogP contribution in [0.2, 0.25) is 0 Å². The molecule has 0 spiro atoms. The fourth-order valence-corrected chi connectivity index (χ4v) is 1.69. The van der Waals surface area contributed by atoms with Gasteiger partial charge in [-0.25, -0.2) is 0 Å². The molecule has 0 radical (unpaired) electrons. The Bertz CT molecular complexity index is 193. The molecule has 0 heterocycles. The summed E-state index contributed by atoms with van der Waals surface area (Å²) in [5.74, 6) is -0.0426. The van der Waals surface area contributed by atoms with E-state index in [1.54, 1.807) is 0 Å². The van der Waals surface area contributed by atoms with Gasteiger partial charge in [-0.15, -0.1) is 0 Å². The van der Waals surface area contributed by atoms with E-state index in [0.29, 0.717) is 6.54 Å². The van der Waals surface area contributed by atoms with E-state index in [1.807, 2.05) is 11.9 Å². The van der Waals surface area contributed by atoms with E-state index in [9.17, 15) is 4.79 Å². The molecule has 0 saturated heterocycles. The Morgan fingerprint density at radius 1 is 1.64 bits per heavy atom. The van der Waals surface area contributed by atoms with Gasteiger partial charge in [0.25, 0.3) is 0 Å². The first kappa shape index (κ1) is 11.5. The predicted molar refractivity (Wildman–Crippen MR) is 55.1 cm³/mol. The summed E-state index contributed by atoms with van der Waals surface area (Å²) in [5.41, 5.74) is 5.43. The lowest BCUT2D eigenvalue weighted by Crippen LogP contribution is -2.41. The lowest BCUT2D eigenvalue weighted by Gasteiger charge is -2.28. The van der Waals surface area contributed by atoms with Gasteiger partial charge in [-0.3, -0.25) is 4.79 Å². The molecule has 1 aliphatic carbocycles. The highest BCUT2D eigenvalue weighted by atomic mass is 16.4. The standard InChI is InChI=1S/C10H20N2O2/c1-12(7-9(11)10(13)14)6-5-8-3-2-4-8/h8-9H,2-7,11H2,1H3,(H,13,14). The Morgan fingerprint density at radius 3 is 2.71 bits per heavy atom. The van der Waals surface area contributed by atoms with Gasteiger partial charge in [0.2, 0.25) is 0 Å². The van der Waals surface area contributed by atoms with E-state index in [2.05, 4.69) is 0 Å². The van der Waals surface area contributed by atoms with E-state index < -0.39 is 12.0 Å². The first-order valence-electron chi connectivity index (χ1n) is 5.26. The molecule has 0 aliphatic heterocycles. The van der Waals surface area contributed by atoms with Crippen molar-refractivity contribution in [3.63, 3.8) is 0 Å². The molecular formula is C10H20N2O2. The average molecular weight is 200 g/mol. The van der Waals surface area contributed by atoms with Crippen LogP contribution in [-0.4, -0.2) is 42.2 Å². The van der Waals surface area contributed by atoms with Gasteiger partial charge in [0.05, 0.1) is 0 Å². The minimum Gasteiger partial charge on any atom is -0.480 e. The van der Waals surface area contributed by atoms with Crippen molar-refractivity contribution in [3.05, 3.63) is 0 Å². The van der Waals surface area contributed by atoms with Crippen molar-refractivity contribution in [2.75, 3.05) is 20.1 Å². The maximum atomic E-state index is 10.5. The van der Waals surface area contributed by atoms with Gasteiger partial charge < -0.3 is 15.7 Å². The van der Waals surface area contributed by atoms with Crippen molar-refractivity contribution in [1.82, 2.24) is 4.90 Å². The molecule has 4 heteroatoms. The van der Waals surface area contributed by atoms with E-state index in [1.165, 1.54) is 25.7 Å². The molecule has 0 aromatic heterocycles. The third kappa shape index (κ3) is 3.64. The number of carboxylic acid groups (broad SMARTS) is 1. The third-order valence-electron chi connectivity index (χ3n) is 2.97. The summed E-state index contributed by atoms with van der Waals surface area (Å²) in [5, 5.41) is 8.61. The second kappa shape index (κ2) is 5.32. The van der Waals surface area contributed by atoms with Crippen LogP contribution in [0.15, 0.2) is 0 Å². The Labute approximate surface area is 85.1 Å². The number of aliphatic carboxylic acids is 1. The molecule has 1 fully saturated rings. The molecule has 0 amide bonds. The van der Waals surface area contributed by atoms with E-state index in [0.717, 1.165) is 12.5 Å². The second-order valence-corrected chi connectivity index (χ2v) is 4.29. The van der Waals surface area contributed by atoms with Gasteiger partial charge in [0.1, 0.15) is 6.04 Å². The summed E-state index contributed by atoms with van der Waals surface area (Å²) in [7, 11) is 1.93. The predicted octanol–water partition coefficient (Wildman–Crippen LogP) is 0.520. The zero-order valence-electron chi connectivity index (χ0n) is 8.78. The Hall–Kier alpha value is -0.610. The number of nitrogens with two attached hydrogens (primary N) is 1. The normalized spacial score (nSPS) is 19.4.